The molecule has 2 rings (SSSR count). The van der Waals surface area contributed by atoms with Gasteiger partial charge in [-0.1, -0.05) is 12.2 Å². The number of methoxy groups -OCH3 is 2. The molecule has 0 bridgehead atoms. The Hall–Kier alpha value is -3.02. The van der Waals surface area contributed by atoms with E-state index in [1.807, 2.05) is 19.1 Å². The van der Waals surface area contributed by atoms with Crippen LogP contribution in [0.3, 0.4) is 0 Å². The molecule has 120 valence electrons. The SMILES string of the molecule is C/C=C/c1cc(C(=O)Nc2ncccc2O)cc(OC)c1OC. The van der Waals surface area contributed by atoms with Gasteiger partial charge in [-0.15, -0.1) is 0 Å². The summed E-state index contributed by atoms with van der Waals surface area (Å²) >= 11 is 0. The minimum absolute atomic E-state index is 0.0971. The predicted octanol–water partition coefficient (Wildman–Crippen LogP) is 3.09. The highest BCUT2D eigenvalue weighted by atomic mass is 16.5. The minimum atomic E-state index is -0.411. The van der Waals surface area contributed by atoms with Gasteiger partial charge in [0.1, 0.15) is 0 Å². The number of ether oxygens (including phenoxy) is 2. The lowest BCUT2D eigenvalue weighted by Crippen LogP contribution is -2.13. The molecule has 0 saturated heterocycles. The Labute approximate surface area is 134 Å². The van der Waals surface area contributed by atoms with Gasteiger partial charge in [-0.05, 0) is 31.2 Å². The van der Waals surface area contributed by atoms with Crippen molar-refractivity contribution < 1.29 is 19.4 Å². The molecule has 0 fully saturated rings. The molecule has 0 aliphatic rings. The summed E-state index contributed by atoms with van der Waals surface area (Å²) in [5, 5.41) is 12.3. The number of aromatic hydroxyl groups is 1. The first-order chi connectivity index (χ1) is 11.1. The maximum absolute atomic E-state index is 12.4. The molecule has 6 nitrogen and oxygen atoms in total. The molecule has 23 heavy (non-hydrogen) atoms. The molecule has 2 N–H and O–H groups in total. The van der Waals surface area contributed by atoms with Crippen molar-refractivity contribution in [1.29, 1.82) is 0 Å². The second-order valence-electron chi connectivity index (χ2n) is 4.63. The van der Waals surface area contributed by atoms with Gasteiger partial charge in [0.15, 0.2) is 23.1 Å². The van der Waals surface area contributed by atoms with E-state index in [4.69, 9.17) is 9.47 Å². The standard InChI is InChI=1S/C17H18N2O4/c1-4-6-11-9-12(10-14(22-2)15(11)23-3)17(21)19-16-13(20)7-5-8-18-16/h4-10,20H,1-3H3,(H,18,19,21)/b6-4+. The maximum atomic E-state index is 12.4. The van der Waals surface area contributed by atoms with Crippen LogP contribution in [0.5, 0.6) is 17.2 Å². The van der Waals surface area contributed by atoms with Gasteiger partial charge in [0.2, 0.25) is 0 Å². The fourth-order valence-electron chi connectivity index (χ4n) is 2.10. The number of allylic oxidation sites excluding steroid dienone is 1. The Morgan fingerprint density at radius 3 is 2.70 bits per heavy atom. The van der Waals surface area contributed by atoms with E-state index in [1.54, 1.807) is 18.2 Å². The van der Waals surface area contributed by atoms with Crippen molar-refractivity contribution in [2.45, 2.75) is 6.92 Å². The van der Waals surface area contributed by atoms with Crippen LogP contribution in [-0.4, -0.2) is 30.2 Å². The van der Waals surface area contributed by atoms with Crippen LogP contribution in [-0.2, 0) is 0 Å². The van der Waals surface area contributed by atoms with Gasteiger partial charge in [0.05, 0.1) is 14.2 Å². The van der Waals surface area contributed by atoms with E-state index < -0.39 is 5.91 Å². The summed E-state index contributed by atoms with van der Waals surface area (Å²) in [5.41, 5.74) is 1.07. The van der Waals surface area contributed by atoms with Crippen LogP contribution in [0.4, 0.5) is 5.82 Å². The topological polar surface area (TPSA) is 80.7 Å². The van der Waals surface area contributed by atoms with Crippen molar-refractivity contribution in [3.63, 3.8) is 0 Å². The average Bonchev–Trinajstić information content (AvgIpc) is 2.56. The summed E-state index contributed by atoms with van der Waals surface area (Å²) in [7, 11) is 3.04. The van der Waals surface area contributed by atoms with Crippen LogP contribution in [0, 0.1) is 0 Å². The third-order valence-corrected chi connectivity index (χ3v) is 3.13. The van der Waals surface area contributed by atoms with E-state index in [2.05, 4.69) is 10.3 Å². The van der Waals surface area contributed by atoms with Crippen molar-refractivity contribution in [3.05, 3.63) is 47.7 Å². The summed E-state index contributed by atoms with van der Waals surface area (Å²) in [5.74, 6) is 0.571. The first kappa shape index (κ1) is 16.4. The Morgan fingerprint density at radius 2 is 2.09 bits per heavy atom. The Balaban J connectivity index is 2.40. The number of anilines is 1. The average molecular weight is 314 g/mol. The van der Waals surface area contributed by atoms with Crippen LogP contribution in [0.2, 0.25) is 0 Å². The van der Waals surface area contributed by atoms with Crippen molar-refractivity contribution in [1.82, 2.24) is 4.98 Å². The molecule has 0 atom stereocenters. The molecule has 0 aliphatic carbocycles. The third kappa shape index (κ3) is 3.60. The number of nitrogens with one attached hydrogen (secondary N) is 1. The molecule has 1 aromatic carbocycles. The monoisotopic (exact) mass is 314 g/mol. The predicted molar refractivity (Wildman–Crippen MR) is 88.1 cm³/mol. The fourth-order valence-corrected chi connectivity index (χ4v) is 2.10. The van der Waals surface area contributed by atoms with E-state index in [9.17, 15) is 9.90 Å². The highest BCUT2D eigenvalue weighted by Crippen LogP contribution is 2.34. The number of rotatable bonds is 5. The van der Waals surface area contributed by atoms with Gasteiger partial charge < -0.3 is 19.9 Å². The van der Waals surface area contributed by atoms with E-state index in [1.165, 1.54) is 26.5 Å². The van der Waals surface area contributed by atoms with E-state index in [-0.39, 0.29) is 11.6 Å². The second-order valence-corrected chi connectivity index (χ2v) is 4.63. The number of benzene rings is 1. The number of nitrogens with zero attached hydrogens (tertiary/aromatic N) is 1. The van der Waals surface area contributed by atoms with Gasteiger partial charge in [-0.25, -0.2) is 4.98 Å². The molecule has 2 aromatic rings. The smallest absolute Gasteiger partial charge is 0.257 e. The first-order valence-electron chi connectivity index (χ1n) is 6.94. The number of pyridine rings is 1. The Kier molecular flexibility index (Phi) is 5.19. The molecular weight excluding hydrogens is 296 g/mol. The quantitative estimate of drug-likeness (QED) is 0.886. The molecule has 6 heteroatoms. The van der Waals surface area contributed by atoms with Gasteiger partial charge in [-0.2, -0.15) is 0 Å². The molecule has 0 saturated carbocycles. The maximum Gasteiger partial charge on any atom is 0.257 e. The number of amides is 1. The molecular formula is C17H18N2O4. The van der Waals surface area contributed by atoms with Crippen LogP contribution < -0.4 is 14.8 Å². The molecule has 0 radical (unpaired) electrons. The minimum Gasteiger partial charge on any atom is -0.504 e. The van der Waals surface area contributed by atoms with Gasteiger partial charge >= 0.3 is 0 Å². The molecule has 0 aliphatic heterocycles. The summed E-state index contributed by atoms with van der Waals surface area (Å²) in [6.45, 7) is 1.87. The molecule has 1 aromatic heterocycles. The summed E-state index contributed by atoms with van der Waals surface area (Å²) in [4.78, 5) is 16.3. The molecule has 0 spiro atoms. The van der Waals surface area contributed by atoms with Gasteiger partial charge in [-0.3, -0.25) is 4.79 Å². The summed E-state index contributed by atoms with van der Waals surface area (Å²) in [6, 6.07) is 6.27. The highest BCUT2D eigenvalue weighted by Gasteiger charge is 2.16. The zero-order chi connectivity index (χ0) is 16.8. The van der Waals surface area contributed by atoms with E-state index in [0.29, 0.717) is 22.6 Å². The lowest BCUT2D eigenvalue weighted by Gasteiger charge is -2.13. The number of hydrogen-bond donors (Lipinski definition) is 2. The Bertz CT molecular complexity index is 741. The van der Waals surface area contributed by atoms with Crippen LogP contribution >= 0.6 is 0 Å². The lowest BCUT2D eigenvalue weighted by atomic mass is 10.1. The van der Waals surface area contributed by atoms with Crippen molar-refractivity contribution in [3.8, 4) is 17.2 Å². The zero-order valence-corrected chi connectivity index (χ0v) is 13.2. The fraction of sp³-hybridized carbons (Fsp3) is 0.176. The molecule has 0 unspecified atom stereocenters. The van der Waals surface area contributed by atoms with Crippen molar-refractivity contribution in [2.75, 3.05) is 19.5 Å². The normalized spacial score (nSPS) is 10.6. The number of carbonyl (C=O) groups excluding carboxylic acids is 1. The first-order valence-corrected chi connectivity index (χ1v) is 6.94. The lowest BCUT2D eigenvalue weighted by molar-refractivity contribution is 0.102. The second kappa shape index (κ2) is 7.31. The largest absolute Gasteiger partial charge is 0.504 e. The van der Waals surface area contributed by atoms with Crippen molar-refractivity contribution in [2.24, 2.45) is 0 Å². The third-order valence-electron chi connectivity index (χ3n) is 3.13. The molecule has 1 heterocycles. The van der Waals surface area contributed by atoms with Crippen LogP contribution in [0.1, 0.15) is 22.8 Å². The number of aromatic nitrogens is 1. The van der Waals surface area contributed by atoms with E-state index >= 15 is 0 Å². The van der Waals surface area contributed by atoms with Crippen molar-refractivity contribution >= 4 is 17.8 Å². The van der Waals surface area contributed by atoms with Crippen LogP contribution in [0.15, 0.2) is 36.5 Å². The zero-order valence-electron chi connectivity index (χ0n) is 13.2. The number of hydrogen-bond acceptors (Lipinski definition) is 5. The van der Waals surface area contributed by atoms with Crippen LogP contribution in [0.25, 0.3) is 6.08 Å². The molecule has 1 amide bonds. The highest BCUT2D eigenvalue weighted by molar-refractivity contribution is 6.05. The summed E-state index contributed by atoms with van der Waals surface area (Å²) in [6.07, 6.45) is 5.13. The van der Waals surface area contributed by atoms with Gasteiger partial charge in [0.25, 0.3) is 5.91 Å². The van der Waals surface area contributed by atoms with E-state index in [0.717, 1.165) is 0 Å². The number of carbonyl (C=O) groups is 1. The Morgan fingerprint density at radius 1 is 1.30 bits per heavy atom. The summed E-state index contributed by atoms with van der Waals surface area (Å²) < 4.78 is 10.6. The van der Waals surface area contributed by atoms with Gasteiger partial charge in [0, 0.05) is 17.3 Å².